The predicted octanol–water partition coefficient (Wildman–Crippen LogP) is 4.70. The van der Waals surface area contributed by atoms with Gasteiger partial charge in [-0.1, -0.05) is 35.9 Å². The van der Waals surface area contributed by atoms with Gasteiger partial charge in [-0.25, -0.2) is 4.39 Å². The van der Waals surface area contributed by atoms with Gasteiger partial charge in [0.05, 0.1) is 17.9 Å². The molecule has 4 rings (SSSR count). The van der Waals surface area contributed by atoms with E-state index in [2.05, 4.69) is 39.8 Å². The highest BCUT2D eigenvalue weighted by Gasteiger charge is 2.44. The summed E-state index contributed by atoms with van der Waals surface area (Å²) in [4.78, 5) is 14.3. The van der Waals surface area contributed by atoms with Crippen LogP contribution in [0.3, 0.4) is 0 Å². The van der Waals surface area contributed by atoms with Gasteiger partial charge in [-0.05, 0) is 58.5 Å². The number of fused-ring (bicyclic) bond motifs is 3. The van der Waals surface area contributed by atoms with Gasteiger partial charge >= 0.3 is 0 Å². The molecule has 1 fully saturated rings. The summed E-state index contributed by atoms with van der Waals surface area (Å²) in [6, 6.07) is 3.26. The standard InChI is InChI=1S/C25H33ClFN3O2/c1-30(2)12-6-9-22(31)28-15-18-10-11-19-23(16-7-4-3-5-8-16)29-24-20(25(19)32-18)13-17(26)14-21(24)27/h3-5,7,13-14,16,18-19,23,25,29H,6,8-12,15H2,1-2H3,(H,28,31)/t16?,18-,19+,23+,25+/m1/s1. The van der Waals surface area contributed by atoms with Crippen LogP contribution >= 0.6 is 11.6 Å². The average molecular weight is 462 g/mol. The van der Waals surface area contributed by atoms with Crippen LogP contribution in [0.2, 0.25) is 5.02 Å². The Morgan fingerprint density at radius 1 is 1.31 bits per heavy atom. The number of nitrogens with zero attached hydrogens (tertiary/aromatic N) is 1. The highest BCUT2D eigenvalue weighted by Crippen LogP contribution is 2.49. The van der Waals surface area contributed by atoms with Gasteiger partial charge in [0.15, 0.2) is 0 Å². The molecule has 174 valence electrons. The smallest absolute Gasteiger partial charge is 0.220 e. The van der Waals surface area contributed by atoms with Gasteiger partial charge < -0.3 is 20.3 Å². The molecule has 0 aromatic heterocycles. The van der Waals surface area contributed by atoms with Crippen LogP contribution in [0.4, 0.5) is 10.1 Å². The fraction of sp³-hybridized carbons (Fsp3) is 0.560. The number of benzene rings is 1. The minimum absolute atomic E-state index is 0.0504. The van der Waals surface area contributed by atoms with Gasteiger partial charge in [0.25, 0.3) is 0 Å². The van der Waals surface area contributed by atoms with Crippen LogP contribution in [0.1, 0.15) is 43.8 Å². The van der Waals surface area contributed by atoms with Crippen molar-refractivity contribution in [2.75, 3.05) is 32.5 Å². The summed E-state index contributed by atoms with van der Waals surface area (Å²) >= 11 is 6.20. The van der Waals surface area contributed by atoms with E-state index < -0.39 is 0 Å². The van der Waals surface area contributed by atoms with E-state index >= 15 is 0 Å². The molecule has 5 nitrogen and oxygen atoms in total. The van der Waals surface area contributed by atoms with Crippen molar-refractivity contribution in [3.8, 4) is 0 Å². The molecular weight excluding hydrogens is 429 g/mol. The Labute approximate surface area is 195 Å². The first-order valence-electron chi connectivity index (χ1n) is 11.6. The molecule has 3 aliphatic rings. The lowest BCUT2D eigenvalue weighted by Gasteiger charge is -2.47. The second kappa shape index (κ2) is 10.4. The Morgan fingerprint density at radius 3 is 2.91 bits per heavy atom. The third-order valence-corrected chi connectivity index (χ3v) is 6.94. The van der Waals surface area contributed by atoms with E-state index in [0.29, 0.717) is 23.7 Å². The van der Waals surface area contributed by atoms with E-state index in [-0.39, 0.29) is 41.8 Å². The van der Waals surface area contributed by atoms with Crippen LogP contribution in [0, 0.1) is 17.7 Å². The topological polar surface area (TPSA) is 53.6 Å². The van der Waals surface area contributed by atoms with Gasteiger partial charge in [0.1, 0.15) is 5.82 Å². The Hall–Kier alpha value is -1.89. The minimum atomic E-state index is -0.341. The molecule has 0 spiro atoms. The van der Waals surface area contributed by atoms with Crippen molar-refractivity contribution < 1.29 is 13.9 Å². The largest absolute Gasteiger partial charge is 0.379 e. The molecule has 0 radical (unpaired) electrons. The SMILES string of the molecule is CN(C)CCCC(=O)NC[C@H]1CC[C@@H]2[C@H](O1)c1cc(Cl)cc(F)c1N[C@H]2C1C=CC=CC1. The lowest BCUT2D eigenvalue weighted by atomic mass is 9.73. The van der Waals surface area contributed by atoms with Gasteiger partial charge in [-0.3, -0.25) is 4.79 Å². The molecule has 5 atom stereocenters. The normalized spacial score (nSPS) is 28.7. The molecule has 1 saturated heterocycles. The molecule has 2 aliphatic heterocycles. The van der Waals surface area contributed by atoms with Crippen LogP contribution in [0.25, 0.3) is 0 Å². The summed E-state index contributed by atoms with van der Waals surface area (Å²) in [6.07, 6.45) is 12.2. The monoisotopic (exact) mass is 461 g/mol. The molecule has 1 aromatic rings. The molecule has 2 N–H and O–H groups in total. The molecular formula is C25H33ClFN3O2. The van der Waals surface area contributed by atoms with Crippen molar-refractivity contribution in [1.29, 1.82) is 0 Å². The maximum absolute atomic E-state index is 14.9. The van der Waals surface area contributed by atoms with Crippen LogP contribution in [0.15, 0.2) is 36.4 Å². The first-order chi connectivity index (χ1) is 15.4. The second-order valence-electron chi connectivity index (χ2n) is 9.37. The predicted molar refractivity (Wildman–Crippen MR) is 126 cm³/mol. The molecule has 1 amide bonds. The highest BCUT2D eigenvalue weighted by atomic mass is 35.5. The number of carbonyl (C=O) groups is 1. The van der Waals surface area contributed by atoms with Gasteiger partial charge in [-0.2, -0.15) is 0 Å². The van der Waals surface area contributed by atoms with Crippen molar-refractivity contribution in [1.82, 2.24) is 10.2 Å². The summed E-state index contributed by atoms with van der Waals surface area (Å²) in [5.41, 5.74) is 1.28. The van der Waals surface area contributed by atoms with Crippen LogP contribution in [0.5, 0.6) is 0 Å². The fourth-order valence-corrected chi connectivity index (χ4v) is 5.35. The number of halogens is 2. The lowest BCUT2D eigenvalue weighted by Crippen LogP contribution is -2.48. The molecule has 1 aliphatic carbocycles. The zero-order chi connectivity index (χ0) is 22.7. The van der Waals surface area contributed by atoms with Crippen molar-refractivity contribution in [2.45, 2.75) is 50.4 Å². The Morgan fingerprint density at radius 2 is 2.16 bits per heavy atom. The number of ether oxygens (including phenoxy) is 1. The molecule has 32 heavy (non-hydrogen) atoms. The van der Waals surface area contributed by atoms with Gasteiger partial charge in [0, 0.05) is 41.4 Å². The Bertz CT molecular complexity index is 888. The quantitative estimate of drug-likeness (QED) is 0.618. The van der Waals surface area contributed by atoms with Crippen molar-refractivity contribution >= 4 is 23.2 Å². The van der Waals surface area contributed by atoms with E-state index in [1.165, 1.54) is 6.07 Å². The molecule has 0 bridgehead atoms. The van der Waals surface area contributed by atoms with Crippen LogP contribution in [-0.4, -0.2) is 50.1 Å². The average Bonchev–Trinajstić information content (AvgIpc) is 2.77. The number of rotatable bonds is 7. The van der Waals surface area contributed by atoms with Crippen molar-refractivity contribution in [3.05, 3.63) is 52.8 Å². The zero-order valence-electron chi connectivity index (χ0n) is 18.8. The zero-order valence-corrected chi connectivity index (χ0v) is 19.6. The molecule has 1 unspecified atom stereocenters. The van der Waals surface area contributed by atoms with E-state index in [1.807, 2.05) is 20.2 Å². The number of allylic oxidation sites excluding steroid dienone is 3. The number of nitrogens with one attached hydrogen (secondary N) is 2. The van der Waals surface area contributed by atoms with Gasteiger partial charge in [-0.15, -0.1) is 0 Å². The Balaban J connectivity index is 1.46. The molecule has 7 heteroatoms. The van der Waals surface area contributed by atoms with E-state index in [1.54, 1.807) is 0 Å². The number of hydrogen-bond acceptors (Lipinski definition) is 4. The third kappa shape index (κ3) is 5.36. The van der Waals surface area contributed by atoms with Gasteiger partial charge in [0.2, 0.25) is 5.91 Å². The highest BCUT2D eigenvalue weighted by molar-refractivity contribution is 6.30. The Kier molecular flexibility index (Phi) is 7.54. The first-order valence-corrected chi connectivity index (χ1v) is 12.0. The maximum atomic E-state index is 14.9. The third-order valence-electron chi connectivity index (χ3n) is 6.73. The molecule has 1 aromatic carbocycles. The van der Waals surface area contributed by atoms with Crippen LogP contribution < -0.4 is 10.6 Å². The summed E-state index contributed by atoms with van der Waals surface area (Å²) in [5, 5.41) is 6.89. The number of hydrogen-bond donors (Lipinski definition) is 2. The lowest BCUT2D eigenvalue weighted by molar-refractivity contribution is -0.124. The first kappa shape index (κ1) is 23.3. The maximum Gasteiger partial charge on any atom is 0.220 e. The van der Waals surface area contributed by atoms with Crippen LogP contribution in [-0.2, 0) is 9.53 Å². The fourth-order valence-electron chi connectivity index (χ4n) is 5.13. The van der Waals surface area contributed by atoms with E-state index in [4.69, 9.17) is 16.3 Å². The second-order valence-corrected chi connectivity index (χ2v) is 9.80. The summed E-state index contributed by atoms with van der Waals surface area (Å²) in [6.45, 7) is 1.37. The van der Waals surface area contributed by atoms with Crippen molar-refractivity contribution in [3.63, 3.8) is 0 Å². The molecule has 2 heterocycles. The van der Waals surface area contributed by atoms with Crippen molar-refractivity contribution in [2.24, 2.45) is 11.8 Å². The number of amides is 1. The number of anilines is 1. The minimum Gasteiger partial charge on any atom is -0.379 e. The number of carbonyl (C=O) groups excluding carboxylic acids is 1. The molecule has 0 saturated carbocycles. The summed E-state index contributed by atoms with van der Waals surface area (Å²) in [7, 11) is 4.01. The van der Waals surface area contributed by atoms with E-state index in [9.17, 15) is 9.18 Å². The summed E-state index contributed by atoms with van der Waals surface area (Å²) < 4.78 is 21.4. The summed E-state index contributed by atoms with van der Waals surface area (Å²) in [5.74, 6) is 0.210. The van der Waals surface area contributed by atoms with E-state index in [0.717, 1.165) is 37.8 Å².